The van der Waals surface area contributed by atoms with Crippen molar-refractivity contribution in [2.45, 2.75) is 18.8 Å². The Morgan fingerprint density at radius 3 is 2.76 bits per heavy atom. The maximum absolute atomic E-state index is 14.1. The number of aromatic nitrogens is 3. The van der Waals surface area contributed by atoms with Gasteiger partial charge in [0.25, 0.3) is 5.91 Å². The maximum atomic E-state index is 14.1. The van der Waals surface area contributed by atoms with E-state index in [1.54, 1.807) is 13.2 Å². The number of pyridine rings is 1. The summed E-state index contributed by atoms with van der Waals surface area (Å²) in [5.41, 5.74) is 2.29. The third-order valence-electron chi connectivity index (χ3n) is 5.12. The van der Waals surface area contributed by atoms with Gasteiger partial charge < -0.3 is 15.4 Å². The number of piperidine rings is 1. The van der Waals surface area contributed by atoms with Crippen LogP contribution in [0.15, 0.2) is 42.6 Å². The molecular weight excluding hydrogens is 373 g/mol. The van der Waals surface area contributed by atoms with E-state index in [0.29, 0.717) is 23.0 Å². The van der Waals surface area contributed by atoms with Crippen LogP contribution in [0.4, 0.5) is 10.1 Å². The van der Waals surface area contributed by atoms with Gasteiger partial charge in [-0.15, -0.1) is 0 Å². The summed E-state index contributed by atoms with van der Waals surface area (Å²) < 4.78 is 19.6. The second kappa shape index (κ2) is 8.40. The Labute approximate surface area is 167 Å². The van der Waals surface area contributed by atoms with Crippen molar-refractivity contribution in [1.29, 1.82) is 0 Å². The predicted octanol–water partition coefficient (Wildman–Crippen LogP) is 3.34. The zero-order chi connectivity index (χ0) is 20.2. The largest absolute Gasteiger partial charge is 0.495 e. The lowest BCUT2D eigenvalue weighted by atomic mass is 9.90. The summed E-state index contributed by atoms with van der Waals surface area (Å²) in [6, 6.07) is 9.99. The first-order valence-corrected chi connectivity index (χ1v) is 9.52. The molecule has 1 saturated heterocycles. The predicted molar refractivity (Wildman–Crippen MR) is 108 cm³/mol. The minimum atomic E-state index is -0.533. The van der Waals surface area contributed by atoms with Crippen LogP contribution in [-0.2, 0) is 0 Å². The van der Waals surface area contributed by atoms with Crippen molar-refractivity contribution < 1.29 is 13.9 Å². The van der Waals surface area contributed by atoms with Crippen molar-refractivity contribution in [3.8, 4) is 17.1 Å². The van der Waals surface area contributed by atoms with Crippen LogP contribution in [0.3, 0.4) is 0 Å². The van der Waals surface area contributed by atoms with Crippen LogP contribution in [-0.4, -0.2) is 41.3 Å². The molecule has 0 atom stereocenters. The van der Waals surface area contributed by atoms with Gasteiger partial charge in [0.2, 0.25) is 0 Å². The van der Waals surface area contributed by atoms with Crippen LogP contribution >= 0.6 is 0 Å². The van der Waals surface area contributed by atoms with Crippen molar-refractivity contribution in [3.05, 3.63) is 59.7 Å². The fourth-order valence-electron chi connectivity index (χ4n) is 3.55. The van der Waals surface area contributed by atoms with Gasteiger partial charge in [-0.2, -0.15) is 5.10 Å². The Morgan fingerprint density at radius 1 is 1.21 bits per heavy atom. The molecule has 0 saturated carbocycles. The molecule has 1 aliphatic rings. The van der Waals surface area contributed by atoms with Gasteiger partial charge in [-0.3, -0.25) is 9.89 Å². The standard InChI is InChI=1S/C21H22FN5O2/c1-29-19-12-14(13-6-9-23-10-7-13)2-4-16(19)26-21(28)18-5-3-15(22)20(25-18)17-8-11-24-27-17/h2-5,8,11-13,23H,6-7,9-10H2,1H3,(H,24,27)(H,26,28). The summed E-state index contributed by atoms with van der Waals surface area (Å²) >= 11 is 0. The highest BCUT2D eigenvalue weighted by Crippen LogP contribution is 2.33. The molecule has 3 heterocycles. The van der Waals surface area contributed by atoms with E-state index >= 15 is 0 Å². The van der Waals surface area contributed by atoms with Crippen LogP contribution in [0.2, 0.25) is 0 Å². The number of hydrogen-bond donors (Lipinski definition) is 3. The number of H-pyrrole nitrogens is 1. The first-order chi connectivity index (χ1) is 14.2. The average molecular weight is 395 g/mol. The highest BCUT2D eigenvalue weighted by molar-refractivity contribution is 6.04. The van der Waals surface area contributed by atoms with Crippen LogP contribution < -0.4 is 15.4 Å². The SMILES string of the molecule is COc1cc(C2CCNCC2)ccc1NC(=O)c1ccc(F)c(-c2ccn[nH]2)n1. The number of nitrogens with zero attached hydrogens (tertiary/aromatic N) is 2. The molecule has 150 valence electrons. The summed E-state index contributed by atoms with van der Waals surface area (Å²) in [4.78, 5) is 16.9. The highest BCUT2D eigenvalue weighted by atomic mass is 19.1. The Kier molecular flexibility index (Phi) is 5.53. The summed E-state index contributed by atoms with van der Waals surface area (Å²) in [6.45, 7) is 2.00. The summed E-state index contributed by atoms with van der Waals surface area (Å²) in [6.07, 6.45) is 3.65. The fraction of sp³-hybridized carbons (Fsp3) is 0.286. The zero-order valence-corrected chi connectivity index (χ0v) is 16.0. The maximum Gasteiger partial charge on any atom is 0.274 e. The highest BCUT2D eigenvalue weighted by Gasteiger charge is 2.19. The molecule has 0 unspecified atom stereocenters. The quantitative estimate of drug-likeness (QED) is 0.616. The number of benzene rings is 1. The zero-order valence-electron chi connectivity index (χ0n) is 16.0. The number of halogens is 1. The molecule has 3 N–H and O–H groups in total. The first kappa shape index (κ1) is 19.1. The number of carbonyl (C=O) groups excluding carboxylic acids is 1. The topological polar surface area (TPSA) is 91.9 Å². The monoisotopic (exact) mass is 395 g/mol. The second-order valence-corrected chi connectivity index (χ2v) is 6.94. The van der Waals surface area contributed by atoms with Gasteiger partial charge in [-0.1, -0.05) is 6.07 Å². The number of anilines is 1. The number of amides is 1. The summed E-state index contributed by atoms with van der Waals surface area (Å²) in [5, 5.41) is 12.6. The molecule has 0 spiro atoms. The van der Waals surface area contributed by atoms with Gasteiger partial charge in [0.1, 0.15) is 17.1 Å². The van der Waals surface area contributed by atoms with E-state index in [4.69, 9.17) is 4.74 Å². The molecule has 1 aromatic carbocycles. The van der Waals surface area contributed by atoms with Gasteiger partial charge in [0.05, 0.1) is 18.5 Å². The summed E-state index contributed by atoms with van der Waals surface area (Å²) in [5.74, 6) is 0.0873. The van der Waals surface area contributed by atoms with Crippen LogP contribution in [0.5, 0.6) is 5.75 Å². The molecule has 4 rings (SSSR count). The minimum absolute atomic E-state index is 0.0448. The van der Waals surface area contributed by atoms with E-state index in [1.807, 2.05) is 18.2 Å². The van der Waals surface area contributed by atoms with Crippen molar-refractivity contribution in [2.75, 3.05) is 25.5 Å². The third kappa shape index (κ3) is 4.12. The van der Waals surface area contributed by atoms with Crippen molar-refractivity contribution in [2.24, 2.45) is 0 Å². The first-order valence-electron chi connectivity index (χ1n) is 9.52. The van der Waals surface area contributed by atoms with E-state index in [-0.39, 0.29) is 11.4 Å². The number of methoxy groups -OCH3 is 1. The third-order valence-corrected chi connectivity index (χ3v) is 5.12. The summed E-state index contributed by atoms with van der Waals surface area (Å²) in [7, 11) is 1.57. The number of carbonyl (C=O) groups is 1. The van der Waals surface area contributed by atoms with Gasteiger partial charge in [0, 0.05) is 6.20 Å². The molecule has 7 nitrogen and oxygen atoms in total. The molecule has 2 aromatic heterocycles. The Hall–Kier alpha value is -3.26. The molecule has 1 aliphatic heterocycles. The molecule has 29 heavy (non-hydrogen) atoms. The van der Waals surface area contributed by atoms with Gasteiger partial charge in [0.15, 0.2) is 5.82 Å². The van der Waals surface area contributed by atoms with E-state index < -0.39 is 11.7 Å². The number of aromatic amines is 1. The molecule has 0 radical (unpaired) electrons. The van der Waals surface area contributed by atoms with Gasteiger partial charge >= 0.3 is 0 Å². The fourth-order valence-corrected chi connectivity index (χ4v) is 3.55. The van der Waals surface area contributed by atoms with Crippen LogP contribution in [0, 0.1) is 5.82 Å². The lowest BCUT2D eigenvalue weighted by Crippen LogP contribution is -2.26. The van der Waals surface area contributed by atoms with Gasteiger partial charge in [-0.05, 0) is 67.7 Å². The molecule has 8 heteroatoms. The Bertz CT molecular complexity index is 1000. The molecule has 3 aromatic rings. The van der Waals surface area contributed by atoms with E-state index in [1.165, 1.54) is 23.9 Å². The molecule has 0 bridgehead atoms. The minimum Gasteiger partial charge on any atom is -0.495 e. The van der Waals surface area contributed by atoms with Crippen LogP contribution in [0.25, 0.3) is 11.4 Å². The Morgan fingerprint density at radius 2 is 2.03 bits per heavy atom. The van der Waals surface area contributed by atoms with E-state index in [0.717, 1.165) is 25.9 Å². The number of ether oxygens (including phenoxy) is 1. The smallest absolute Gasteiger partial charge is 0.274 e. The molecule has 1 fully saturated rings. The van der Waals surface area contributed by atoms with E-state index in [2.05, 4.69) is 25.8 Å². The second-order valence-electron chi connectivity index (χ2n) is 6.94. The lowest BCUT2D eigenvalue weighted by molar-refractivity contribution is 0.102. The number of rotatable bonds is 5. The van der Waals surface area contributed by atoms with Crippen molar-refractivity contribution in [1.82, 2.24) is 20.5 Å². The number of hydrogen-bond acceptors (Lipinski definition) is 5. The Balaban J connectivity index is 1.56. The van der Waals surface area contributed by atoms with Gasteiger partial charge in [-0.25, -0.2) is 9.37 Å². The molecule has 0 aliphatic carbocycles. The number of nitrogens with one attached hydrogen (secondary N) is 3. The van der Waals surface area contributed by atoms with E-state index in [9.17, 15) is 9.18 Å². The van der Waals surface area contributed by atoms with Crippen LogP contribution in [0.1, 0.15) is 34.8 Å². The van der Waals surface area contributed by atoms with Crippen molar-refractivity contribution in [3.63, 3.8) is 0 Å². The lowest BCUT2D eigenvalue weighted by Gasteiger charge is -2.24. The molecule has 1 amide bonds. The molecular formula is C21H22FN5O2. The normalized spacial score (nSPS) is 14.6. The van der Waals surface area contributed by atoms with Crippen molar-refractivity contribution >= 4 is 11.6 Å². The average Bonchev–Trinajstić information content (AvgIpc) is 3.29.